The maximum absolute atomic E-state index is 13.7. The molecule has 1 N–H and O–H groups in total. The van der Waals surface area contributed by atoms with Gasteiger partial charge in [-0.1, -0.05) is 44.6 Å². The van der Waals surface area contributed by atoms with Crippen molar-refractivity contribution in [2.45, 2.75) is 99.0 Å². The first-order chi connectivity index (χ1) is 19.5. The van der Waals surface area contributed by atoms with Gasteiger partial charge in [-0.2, -0.15) is 8.78 Å². The molecule has 0 bridgehead atoms. The summed E-state index contributed by atoms with van der Waals surface area (Å²) in [6.07, 6.45) is 18.7. The lowest BCUT2D eigenvalue weighted by Gasteiger charge is -2.57. The number of fused-ring (bicyclic) bond motifs is 5. The first-order valence-electron chi connectivity index (χ1n) is 15.5. The van der Waals surface area contributed by atoms with Gasteiger partial charge in [-0.15, -0.1) is 0 Å². The van der Waals surface area contributed by atoms with E-state index in [1.165, 1.54) is 30.2 Å². The minimum absolute atomic E-state index is 0.140. The van der Waals surface area contributed by atoms with Gasteiger partial charge >= 0.3 is 0 Å². The molecule has 2 fully saturated rings. The summed E-state index contributed by atoms with van der Waals surface area (Å²) in [6.45, 7) is 12.6. The number of halogens is 2. The van der Waals surface area contributed by atoms with Crippen molar-refractivity contribution >= 4 is 11.1 Å². The minimum atomic E-state index is -0.382. The fourth-order valence-corrected chi connectivity index (χ4v) is 8.61. The third-order valence-corrected chi connectivity index (χ3v) is 10.9. The predicted molar refractivity (Wildman–Crippen MR) is 163 cm³/mol. The predicted octanol–water partition coefficient (Wildman–Crippen LogP) is 9.19. The number of nitrogens with zero attached hydrogens (tertiary/aromatic N) is 2. The van der Waals surface area contributed by atoms with Gasteiger partial charge in [0, 0.05) is 23.5 Å². The Morgan fingerprint density at radius 3 is 2.44 bits per heavy atom. The van der Waals surface area contributed by atoms with E-state index in [2.05, 4.69) is 36.0 Å². The normalized spacial score (nSPS) is 32.6. The number of hydrogen-bond acceptors (Lipinski definition) is 3. The third-order valence-electron chi connectivity index (χ3n) is 10.9. The first-order valence-corrected chi connectivity index (χ1v) is 15.5. The van der Waals surface area contributed by atoms with Crippen LogP contribution in [0.2, 0.25) is 0 Å². The highest BCUT2D eigenvalue weighted by atomic mass is 19.1. The Kier molecular flexibility index (Phi) is 8.40. The van der Waals surface area contributed by atoms with Crippen LogP contribution < -0.4 is 0 Å². The van der Waals surface area contributed by atoms with Crippen LogP contribution in [-0.4, -0.2) is 21.2 Å². The van der Waals surface area contributed by atoms with Crippen LogP contribution in [0.3, 0.4) is 0 Å². The van der Waals surface area contributed by atoms with Crippen molar-refractivity contribution in [2.24, 2.45) is 28.6 Å². The standard InChI is InChI=1S/C25H32FNO.C11H14FN/c1-15-12-16(14-27-23(15)26)20-6-7-21-19-5-4-17-13-18(28)8-10-24(17,2)22(19)9-11-25(20,21)3;1-4-5-9(3)10-6-8(2)7-13-11(10)12/h4,6,12,14,18-19,21-22,28H,5,7-11,13H2,1-3H3;5-7H,4H2,1-3H3/b;9-5+. The second kappa shape index (κ2) is 11.6. The summed E-state index contributed by atoms with van der Waals surface area (Å²) >= 11 is 0. The monoisotopic (exact) mass is 560 g/mol. The van der Waals surface area contributed by atoms with Crippen LogP contribution in [0.5, 0.6) is 0 Å². The van der Waals surface area contributed by atoms with Gasteiger partial charge in [0.1, 0.15) is 0 Å². The van der Waals surface area contributed by atoms with Crippen molar-refractivity contribution in [3.63, 3.8) is 0 Å². The Morgan fingerprint density at radius 2 is 1.71 bits per heavy atom. The summed E-state index contributed by atoms with van der Waals surface area (Å²) in [4.78, 5) is 7.68. The van der Waals surface area contributed by atoms with Crippen molar-refractivity contribution in [1.82, 2.24) is 9.97 Å². The molecule has 0 amide bonds. The summed E-state index contributed by atoms with van der Waals surface area (Å²) in [5.41, 5.74) is 7.67. The number of aromatic nitrogens is 2. The lowest BCUT2D eigenvalue weighted by atomic mass is 9.47. The summed E-state index contributed by atoms with van der Waals surface area (Å²) in [7, 11) is 0. The SMILES string of the molecule is CC/C=C(\C)c1cc(C)cnc1F.Cc1cc(C2=CCC3C4CC=C5CC(O)CCC5(C)C4CCC23C)cnc1F. The van der Waals surface area contributed by atoms with E-state index in [1.807, 2.05) is 45.9 Å². The Labute approximate surface area is 244 Å². The second-order valence-electron chi connectivity index (χ2n) is 13.4. The number of allylic oxidation sites excluding steroid dienone is 5. The van der Waals surface area contributed by atoms with Crippen LogP contribution in [0.25, 0.3) is 11.1 Å². The molecule has 2 aromatic heterocycles. The van der Waals surface area contributed by atoms with Crippen LogP contribution in [-0.2, 0) is 0 Å². The zero-order valence-electron chi connectivity index (χ0n) is 25.6. The van der Waals surface area contributed by atoms with E-state index in [9.17, 15) is 13.9 Å². The Balaban J connectivity index is 0.000000219. The van der Waals surface area contributed by atoms with Crippen molar-refractivity contribution in [1.29, 1.82) is 0 Å². The van der Waals surface area contributed by atoms with Crippen LogP contribution in [0.15, 0.2) is 48.3 Å². The molecule has 0 saturated heterocycles. The average Bonchev–Trinajstić information content (AvgIpc) is 3.30. The molecule has 41 heavy (non-hydrogen) atoms. The highest BCUT2D eigenvalue weighted by Gasteiger charge is 2.56. The summed E-state index contributed by atoms with van der Waals surface area (Å²) < 4.78 is 26.9. The molecule has 0 radical (unpaired) electrons. The first kappa shape index (κ1) is 29.8. The topological polar surface area (TPSA) is 46.0 Å². The molecule has 5 heteroatoms. The zero-order valence-corrected chi connectivity index (χ0v) is 25.6. The molecule has 2 heterocycles. The molecule has 0 aromatic carbocycles. The van der Waals surface area contributed by atoms with E-state index in [0.717, 1.165) is 61.1 Å². The van der Waals surface area contributed by atoms with E-state index in [4.69, 9.17) is 0 Å². The van der Waals surface area contributed by atoms with Gasteiger partial charge in [-0.05, 0) is 135 Å². The quantitative estimate of drug-likeness (QED) is 0.301. The van der Waals surface area contributed by atoms with Crippen LogP contribution >= 0.6 is 0 Å². The molecule has 6 atom stereocenters. The van der Waals surface area contributed by atoms with Crippen LogP contribution in [0.1, 0.15) is 101 Å². The number of aliphatic hydroxyl groups is 1. The number of pyridine rings is 2. The van der Waals surface area contributed by atoms with E-state index in [0.29, 0.717) is 23.0 Å². The lowest BCUT2D eigenvalue weighted by molar-refractivity contribution is -0.0238. The van der Waals surface area contributed by atoms with E-state index in [1.54, 1.807) is 6.20 Å². The van der Waals surface area contributed by atoms with Gasteiger partial charge in [-0.3, -0.25) is 0 Å². The van der Waals surface area contributed by atoms with Crippen LogP contribution in [0, 0.1) is 54.3 Å². The fraction of sp³-hybridized carbons (Fsp3) is 0.556. The Morgan fingerprint density at radius 1 is 0.976 bits per heavy atom. The average molecular weight is 561 g/mol. The van der Waals surface area contributed by atoms with Gasteiger partial charge < -0.3 is 5.11 Å². The van der Waals surface area contributed by atoms with Crippen molar-refractivity contribution in [3.8, 4) is 0 Å². The molecule has 0 aliphatic heterocycles. The molecule has 0 spiro atoms. The van der Waals surface area contributed by atoms with Gasteiger partial charge in [0.15, 0.2) is 0 Å². The number of aryl methyl sites for hydroxylation is 2. The molecule has 2 aromatic rings. The smallest absolute Gasteiger partial charge is 0.220 e. The molecular formula is C36H46F2N2O. The van der Waals surface area contributed by atoms with Gasteiger partial charge in [0.25, 0.3) is 0 Å². The largest absolute Gasteiger partial charge is 0.393 e. The molecule has 6 unspecified atom stereocenters. The summed E-state index contributed by atoms with van der Waals surface area (Å²) in [5, 5.41) is 10.2. The maximum atomic E-state index is 13.7. The van der Waals surface area contributed by atoms with Crippen molar-refractivity contribution < 1.29 is 13.9 Å². The molecule has 220 valence electrons. The van der Waals surface area contributed by atoms with E-state index >= 15 is 0 Å². The molecule has 4 aliphatic rings. The number of hydrogen-bond donors (Lipinski definition) is 1. The summed E-state index contributed by atoms with van der Waals surface area (Å²) in [5.74, 6) is 1.37. The Hall–Kier alpha value is -2.66. The highest BCUT2D eigenvalue weighted by Crippen LogP contribution is 2.66. The molecule has 3 nitrogen and oxygen atoms in total. The fourth-order valence-electron chi connectivity index (χ4n) is 8.61. The third kappa shape index (κ3) is 5.47. The van der Waals surface area contributed by atoms with Gasteiger partial charge in [0.05, 0.1) is 6.10 Å². The zero-order chi connectivity index (χ0) is 29.5. The highest BCUT2D eigenvalue weighted by molar-refractivity contribution is 5.73. The molecule has 6 rings (SSSR count). The number of aliphatic hydroxyl groups excluding tert-OH is 1. The van der Waals surface area contributed by atoms with Crippen LogP contribution in [0.4, 0.5) is 8.78 Å². The molecular weight excluding hydrogens is 514 g/mol. The summed E-state index contributed by atoms with van der Waals surface area (Å²) in [6, 6.07) is 3.81. The van der Waals surface area contributed by atoms with Crippen molar-refractivity contribution in [3.05, 3.63) is 82.5 Å². The lowest BCUT2D eigenvalue weighted by Crippen LogP contribution is -2.49. The molecule has 2 saturated carbocycles. The minimum Gasteiger partial charge on any atom is -0.393 e. The van der Waals surface area contributed by atoms with Gasteiger partial charge in [0.2, 0.25) is 11.9 Å². The van der Waals surface area contributed by atoms with Gasteiger partial charge in [-0.25, -0.2) is 9.97 Å². The number of rotatable bonds is 3. The van der Waals surface area contributed by atoms with E-state index < -0.39 is 0 Å². The maximum Gasteiger partial charge on any atom is 0.220 e. The molecule has 4 aliphatic carbocycles. The van der Waals surface area contributed by atoms with E-state index in [-0.39, 0.29) is 28.8 Å². The van der Waals surface area contributed by atoms with Crippen molar-refractivity contribution in [2.75, 3.05) is 0 Å². The second-order valence-corrected chi connectivity index (χ2v) is 13.4. The Bertz CT molecular complexity index is 1390.